The molecule has 9 heteroatoms. The summed E-state index contributed by atoms with van der Waals surface area (Å²) in [6, 6.07) is -0.801. The topological polar surface area (TPSA) is 108 Å². The van der Waals surface area contributed by atoms with Crippen LogP contribution in [0.15, 0.2) is 12.2 Å². The minimum absolute atomic E-state index is 0.0138. The van der Waals surface area contributed by atoms with Crippen molar-refractivity contribution in [3.63, 3.8) is 0 Å². The summed E-state index contributed by atoms with van der Waals surface area (Å²) in [5.74, 6) is -0.163. The van der Waals surface area contributed by atoms with Crippen LogP contribution < -0.4 is 10.2 Å². The molecule has 0 bridgehead atoms. The number of nitrogens with zero attached hydrogens (tertiary/aromatic N) is 1. The summed E-state index contributed by atoms with van der Waals surface area (Å²) in [7, 11) is 1.32. The highest BCUT2D eigenvalue weighted by molar-refractivity contribution is 7.45. The van der Waals surface area contributed by atoms with Gasteiger partial charge in [-0.1, -0.05) is 276 Å². The van der Waals surface area contributed by atoms with Gasteiger partial charge < -0.3 is 28.8 Å². The molecule has 0 aliphatic heterocycles. The van der Waals surface area contributed by atoms with E-state index in [2.05, 4.69) is 31.3 Å². The fraction of sp³-hybridized carbons (Fsp3) is 0.949. The van der Waals surface area contributed by atoms with Crippen molar-refractivity contribution in [3.8, 4) is 0 Å². The lowest BCUT2D eigenvalue weighted by molar-refractivity contribution is -0.870. The maximum atomic E-state index is 13.0. The molecule has 0 rings (SSSR count). The first-order valence-corrected chi connectivity index (χ1v) is 31.5. The predicted octanol–water partition coefficient (Wildman–Crippen LogP) is 17.6. The summed E-state index contributed by atoms with van der Waals surface area (Å²) in [5, 5.41) is 14.0. The van der Waals surface area contributed by atoms with Gasteiger partial charge in [0.05, 0.1) is 39.9 Å². The second-order valence-electron chi connectivity index (χ2n) is 22.1. The fourth-order valence-electron chi connectivity index (χ4n) is 9.27. The third-order valence-electron chi connectivity index (χ3n) is 14.0. The molecule has 1 amide bonds. The zero-order valence-corrected chi connectivity index (χ0v) is 47.2. The van der Waals surface area contributed by atoms with Crippen LogP contribution in [0.4, 0.5) is 0 Å². The van der Waals surface area contributed by atoms with Gasteiger partial charge in [0.1, 0.15) is 13.2 Å². The first-order chi connectivity index (χ1) is 33.0. The number of hydrogen-bond acceptors (Lipinski definition) is 6. The molecule has 68 heavy (non-hydrogen) atoms. The maximum Gasteiger partial charge on any atom is 0.268 e. The largest absolute Gasteiger partial charge is 0.756 e. The number of amides is 1. The summed E-state index contributed by atoms with van der Waals surface area (Å²) in [6.07, 6.45) is 62.5. The van der Waals surface area contributed by atoms with Crippen molar-refractivity contribution in [2.24, 2.45) is 0 Å². The number of aliphatic hydroxyl groups excluding tert-OH is 1. The minimum Gasteiger partial charge on any atom is -0.756 e. The average molecular weight is 984 g/mol. The Kier molecular flexibility index (Phi) is 50.6. The summed E-state index contributed by atoms with van der Waals surface area (Å²) < 4.78 is 23.5. The molecule has 0 fully saturated rings. The number of carbonyl (C=O) groups excluding carboxylic acids is 1. The van der Waals surface area contributed by atoms with Crippen LogP contribution in [0.2, 0.25) is 0 Å². The van der Waals surface area contributed by atoms with Gasteiger partial charge in [0, 0.05) is 6.42 Å². The number of likely N-dealkylation sites (N-methyl/N-ethyl adjacent to an activating group) is 1. The van der Waals surface area contributed by atoms with Gasteiger partial charge in [-0.2, -0.15) is 0 Å². The van der Waals surface area contributed by atoms with E-state index in [0.717, 1.165) is 38.5 Å². The highest BCUT2D eigenvalue weighted by atomic mass is 31.2. The van der Waals surface area contributed by atoms with Gasteiger partial charge in [-0.25, -0.2) is 0 Å². The first kappa shape index (κ1) is 67.2. The summed E-state index contributed by atoms with van der Waals surface area (Å²) >= 11 is 0. The van der Waals surface area contributed by atoms with E-state index in [9.17, 15) is 19.4 Å². The molecule has 0 aliphatic rings. The van der Waals surface area contributed by atoms with Crippen molar-refractivity contribution >= 4 is 13.7 Å². The lowest BCUT2D eigenvalue weighted by atomic mass is 10.0. The van der Waals surface area contributed by atoms with E-state index in [1.54, 1.807) is 0 Å². The molecule has 2 N–H and O–H groups in total. The highest BCUT2D eigenvalue weighted by Crippen LogP contribution is 2.38. The van der Waals surface area contributed by atoms with Crippen LogP contribution in [-0.4, -0.2) is 68.5 Å². The van der Waals surface area contributed by atoms with Crippen molar-refractivity contribution < 1.29 is 32.9 Å². The Balaban J connectivity index is 4.13. The second-order valence-corrected chi connectivity index (χ2v) is 23.5. The lowest BCUT2D eigenvalue weighted by Crippen LogP contribution is -2.46. The Bertz CT molecular complexity index is 1120. The van der Waals surface area contributed by atoms with Crippen LogP contribution in [0.25, 0.3) is 0 Å². The summed E-state index contributed by atoms with van der Waals surface area (Å²) in [4.78, 5) is 25.6. The van der Waals surface area contributed by atoms with E-state index in [4.69, 9.17) is 9.05 Å². The summed E-state index contributed by atoms with van der Waals surface area (Å²) in [6.45, 7) is 4.77. The lowest BCUT2D eigenvalue weighted by Gasteiger charge is -2.30. The number of allylic oxidation sites excluding steroid dienone is 2. The van der Waals surface area contributed by atoms with Gasteiger partial charge in [0.15, 0.2) is 0 Å². The molecular formula is C59H119N2O6P. The molecule has 0 saturated heterocycles. The Labute approximate surface area is 424 Å². The number of nitrogens with one attached hydrogen (secondary N) is 1. The average Bonchev–Trinajstić information content (AvgIpc) is 3.30. The molecule has 406 valence electrons. The minimum atomic E-state index is -4.57. The Morgan fingerprint density at radius 3 is 1.15 bits per heavy atom. The van der Waals surface area contributed by atoms with Crippen LogP contribution in [0.5, 0.6) is 0 Å². The van der Waals surface area contributed by atoms with Crippen LogP contribution in [0.1, 0.15) is 309 Å². The molecule has 0 heterocycles. The van der Waals surface area contributed by atoms with E-state index >= 15 is 0 Å². The number of quaternary nitrogens is 1. The van der Waals surface area contributed by atoms with Crippen LogP contribution >= 0.6 is 7.82 Å². The van der Waals surface area contributed by atoms with E-state index in [-0.39, 0.29) is 19.1 Å². The molecule has 0 spiro atoms. The van der Waals surface area contributed by atoms with E-state index in [1.165, 1.54) is 244 Å². The van der Waals surface area contributed by atoms with Crippen molar-refractivity contribution in [2.75, 3.05) is 40.9 Å². The smallest absolute Gasteiger partial charge is 0.268 e. The van der Waals surface area contributed by atoms with Gasteiger partial charge >= 0.3 is 0 Å². The van der Waals surface area contributed by atoms with Crippen molar-refractivity contribution in [3.05, 3.63) is 12.2 Å². The molecule has 0 aromatic rings. The van der Waals surface area contributed by atoms with E-state index < -0.39 is 20.0 Å². The number of phosphoric ester groups is 1. The third kappa shape index (κ3) is 53.0. The van der Waals surface area contributed by atoms with Crippen LogP contribution in [-0.2, 0) is 18.4 Å². The van der Waals surface area contributed by atoms with Crippen LogP contribution in [0, 0.1) is 0 Å². The van der Waals surface area contributed by atoms with Gasteiger partial charge in [-0.05, 0) is 38.5 Å². The van der Waals surface area contributed by atoms with E-state index in [1.807, 2.05) is 21.1 Å². The molecule has 3 unspecified atom stereocenters. The molecule has 0 aromatic carbocycles. The van der Waals surface area contributed by atoms with E-state index in [0.29, 0.717) is 23.9 Å². The first-order valence-electron chi connectivity index (χ1n) is 30.0. The zero-order chi connectivity index (χ0) is 49.9. The van der Waals surface area contributed by atoms with Crippen molar-refractivity contribution in [2.45, 2.75) is 321 Å². The number of rotatable bonds is 56. The van der Waals surface area contributed by atoms with Gasteiger partial charge in [0.25, 0.3) is 7.82 Å². The molecule has 0 radical (unpaired) electrons. The molecule has 0 aliphatic carbocycles. The highest BCUT2D eigenvalue weighted by Gasteiger charge is 2.24. The third-order valence-corrected chi connectivity index (χ3v) is 15.0. The normalized spacial score (nSPS) is 13.9. The molecular weight excluding hydrogens is 864 g/mol. The predicted molar refractivity (Wildman–Crippen MR) is 293 cm³/mol. The quantitative estimate of drug-likeness (QED) is 0.0272. The number of aliphatic hydroxyl groups is 1. The SMILES string of the molecule is CCCCCCCCCCCCCC/C=C\CCCCCCCCCC(=O)NC(COP(=O)([O-])OCC[N+](C)(C)C)C(O)CCCCCCCCCCCCCCCCCCCCCCCCC. The Hall–Kier alpha value is -0.760. The number of phosphoric acid groups is 1. The number of carbonyl (C=O) groups is 1. The summed E-state index contributed by atoms with van der Waals surface area (Å²) in [5.41, 5.74) is 0. The molecule has 0 saturated carbocycles. The van der Waals surface area contributed by atoms with Crippen molar-refractivity contribution in [1.29, 1.82) is 0 Å². The van der Waals surface area contributed by atoms with Gasteiger partial charge in [0.2, 0.25) is 5.91 Å². The Morgan fingerprint density at radius 1 is 0.500 bits per heavy atom. The molecule has 3 atom stereocenters. The van der Waals surface area contributed by atoms with Gasteiger partial charge in [-0.3, -0.25) is 9.36 Å². The second kappa shape index (κ2) is 51.2. The number of hydrogen-bond donors (Lipinski definition) is 2. The van der Waals surface area contributed by atoms with Crippen LogP contribution in [0.3, 0.4) is 0 Å². The van der Waals surface area contributed by atoms with Crippen molar-refractivity contribution in [1.82, 2.24) is 5.32 Å². The standard InChI is InChI=1S/C59H119N2O6P/c1-6-8-10-12-14-16-18-20-22-24-26-28-30-32-34-36-38-40-42-44-46-48-50-52-58(62)57(56-67-68(64,65)66-55-54-61(3,4)5)60-59(63)53-51-49-47-45-43-41-39-37-35-33-31-29-27-25-23-21-19-17-15-13-11-9-7-2/h33,35,57-58,62H,6-32,34,36-56H2,1-5H3,(H-,60,63,64,65)/b35-33-. The molecule has 0 aromatic heterocycles. The fourth-order valence-corrected chi connectivity index (χ4v) is 10.00. The van der Waals surface area contributed by atoms with Gasteiger partial charge in [-0.15, -0.1) is 0 Å². The Morgan fingerprint density at radius 2 is 0.809 bits per heavy atom. The zero-order valence-electron chi connectivity index (χ0n) is 46.3. The monoisotopic (exact) mass is 983 g/mol. The maximum absolute atomic E-state index is 13.0. The molecule has 8 nitrogen and oxygen atoms in total. The number of unbranched alkanes of at least 4 members (excludes halogenated alkanes) is 41.